The van der Waals surface area contributed by atoms with E-state index in [9.17, 15) is 0 Å². The van der Waals surface area contributed by atoms with Gasteiger partial charge in [0.2, 0.25) is 0 Å². The molecule has 2 aromatic carbocycles. The molecule has 0 spiro atoms. The number of benzene rings is 2. The number of hydrogen-bond donors (Lipinski definition) is 2. The van der Waals surface area contributed by atoms with Gasteiger partial charge in [0.1, 0.15) is 0 Å². The van der Waals surface area contributed by atoms with Crippen molar-refractivity contribution in [2.75, 3.05) is 5.32 Å². The standard InChI is InChI=1S/C14H13BrN2/c15-13-7-6-12(9-16)14(8-13)17-10-11-4-2-1-3-5-11/h1-9,16-17H,10H2. The molecule has 0 bridgehead atoms. The second kappa shape index (κ2) is 5.64. The molecule has 2 N–H and O–H groups in total. The maximum absolute atomic E-state index is 7.36. The molecule has 0 aliphatic rings. The molecule has 0 saturated carbocycles. The summed E-state index contributed by atoms with van der Waals surface area (Å²) in [7, 11) is 0. The summed E-state index contributed by atoms with van der Waals surface area (Å²) in [4.78, 5) is 0. The highest BCUT2D eigenvalue weighted by molar-refractivity contribution is 9.10. The highest BCUT2D eigenvalue weighted by atomic mass is 79.9. The van der Waals surface area contributed by atoms with Crippen LogP contribution in [0.15, 0.2) is 53.0 Å². The van der Waals surface area contributed by atoms with Crippen LogP contribution in [0.4, 0.5) is 5.69 Å². The Labute approximate surface area is 109 Å². The molecular formula is C14H13BrN2. The molecule has 0 aliphatic carbocycles. The van der Waals surface area contributed by atoms with Crippen molar-refractivity contribution in [3.05, 3.63) is 64.1 Å². The third-order valence-corrected chi connectivity index (χ3v) is 2.99. The van der Waals surface area contributed by atoms with Crippen LogP contribution in [-0.4, -0.2) is 6.21 Å². The Kier molecular flexibility index (Phi) is 3.94. The van der Waals surface area contributed by atoms with E-state index in [1.54, 1.807) is 0 Å². The van der Waals surface area contributed by atoms with Crippen LogP contribution in [0.1, 0.15) is 11.1 Å². The van der Waals surface area contributed by atoms with Crippen LogP contribution in [0.25, 0.3) is 0 Å². The van der Waals surface area contributed by atoms with E-state index >= 15 is 0 Å². The first kappa shape index (κ1) is 11.9. The fourth-order valence-corrected chi connectivity index (χ4v) is 1.96. The molecule has 0 unspecified atom stereocenters. The van der Waals surface area contributed by atoms with Gasteiger partial charge in [0.05, 0.1) is 0 Å². The van der Waals surface area contributed by atoms with Gasteiger partial charge < -0.3 is 10.7 Å². The first-order chi connectivity index (χ1) is 8.29. The van der Waals surface area contributed by atoms with Crippen molar-refractivity contribution in [2.24, 2.45) is 0 Å². The van der Waals surface area contributed by atoms with Crippen molar-refractivity contribution >= 4 is 27.8 Å². The zero-order valence-electron chi connectivity index (χ0n) is 9.28. The Morgan fingerprint density at radius 1 is 1.12 bits per heavy atom. The van der Waals surface area contributed by atoms with E-state index in [-0.39, 0.29) is 0 Å². The molecule has 0 aromatic heterocycles. The fourth-order valence-electron chi connectivity index (χ4n) is 1.60. The molecule has 2 aromatic rings. The zero-order chi connectivity index (χ0) is 12.1. The topological polar surface area (TPSA) is 35.9 Å². The molecule has 2 rings (SSSR count). The van der Waals surface area contributed by atoms with E-state index in [0.29, 0.717) is 0 Å². The summed E-state index contributed by atoms with van der Waals surface area (Å²) in [6.45, 7) is 0.762. The van der Waals surface area contributed by atoms with Crippen molar-refractivity contribution in [3.8, 4) is 0 Å². The fraction of sp³-hybridized carbons (Fsp3) is 0.0714. The molecule has 0 saturated heterocycles. The average Bonchev–Trinajstić information content (AvgIpc) is 2.38. The molecule has 86 valence electrons. The van der Waals surface area contributed by atoms with Crippen molar-refractivity contribution < 1.29 is 0 Å². The molecule has 0 atom stereocenters. The van der Waals surface area contributed by atoms with Gasteiger partial charge in [0, 0.05) is 28.5 Å². The predicted molar refractivity (Wildman–Crippen MR) is 75.8 cm³/mol. The van der Waals surface area contributed by atoms with Crippen LogP contribution in [0.5, 0.6) is 0 Å². The Morgan fingerprint density at radius 3 is 2.59 bits per heavy atom. The highest BCUT2D eigenvalue weighted by Crippen LogP contribution is 2.20. The summed E-state index contributed by atoms with van der Waals surface area (Å²) >= 11 is 3.44. The predicted octanol–water partition coefficient (Wildman–Crippen LogP) is 4.06. The lowest BCUT2D eigenvalue weighted by Gasteiger charge is -2.09. The lowest BCUT2D eigenvalue weighted by molar-refractivity contribution is 1.15. The zero-order valence-corrected chi connectivity index (χ0v) is 10.9. The molecule has 0 radical (unpaired) electrons. The first-order valence-electron chi connectivity index (χ1n) is 5.37. The molecule has 0 amide bonds. The maximum atomic E-state index is 7.36. The van der Waals surface area contributed by atoms with E-state index in [1.807, 2.05) is 36.4 Å². The molecule has 0 fully saturated rings. The first-order valence-corrected chi connectivity index (χ1v) is 6.17. The maximum Gasteiger partial charge on any atom is 0.0443 e. The third-order valence-electron chi connectivity index (χ3n) is 2.50. The molecule has 17 heavy (non-hydrogen) atoms. The summed E-state index contributed by atoms with van der Waals surface area (Å²) in [5, 5.41) is 10.7. The van der Waals surface area contributed by atoms with Crippen LogP contribution in [0, 0.1) is 5.41 Å². The SMILES string of the molecule is N=Cc1ccc(Br)cc1NCc1ccccc1. The van der Waals surface area contributed by atoms with Gasteiger partial charge in [-0.05, 0) is 17.7 Å². The summed E-state index contributed by atoms with van der Waals surface area (Å²) in [6, 6.07) is 16.1. The lowest BCUT2D eigenvalue weighted by atomic mass is 10.1. The molecule has 2 nitrogen and oxygen atoms in total. The summed E-state index contributed by atoms with van der Waals surface area (Å²) < 4.78 is 1.01. The average molecular weight is 289 g/mol. The summed E-state index contributed by atoms with van der Waals surface area (Å²) in [6.07, 6.45) is 1.36. The van der Waals surface area contributed by atoms with Gasteiger partial charge in [0.15, 0.2) is 0 Å². The molecule has 3 heteroatoms. The van der Waals surface area contributed by atoms with Gasteiger partial charge in [-0.1, -0.05) is 52.3 Å². The van der Waals surface area contributed by atoms with Crippen LogP contribution < -0.4 is 5.32 Å². The van der Waals surface area contributed by atoms with E-state index in [0.717, 1.165) is 22.3 Å². The second-order valence-corrected chi connectivity index (χ2v) is 4.63. The molecule has 0 aliphatic heterocycles. The monoisotopic (exact) mass is 288 g/mol. The van der Waals surface area contributed by atoms with Gasteiger partial charge in [-0.25, -0.2) is 0 Å². The van der Waals surface area contributed by atoms with Gasteiger partial charge in [-0.15, -0.1) is 0 Å². The Morgan fingerprint density at radius 2 is 1.88 bits per heavy atom. The number of anilines is 1. The number of halogens is 1. The third kappa shape index (κ3) is 3.17. The molecular weight excluding hydrogens is 276 g/mol. The van der Waals surface area contributed by atoms with Gasteiger partial charge in [-0.2, -0.15) is 0 Å². The van der Waals surface area contributed by atoms with Crippen molar-refractivity contribution in [2.45, 2.75) is 6.54 Å². The number of rotatable bonds is 4. The van der Waals surface area contributed by atoms with E-state index in [4.69, 9.17) is 5.41 Å². The van der Waals surface area contributed by atoms with Crippen molar-refractivity contribution in [1.82, 2.24) is 0 Å². The highest BCUT2D eigenvalue weighted by Gasteiger charge is 2.00. The minimum absolute atomic E-state index is 0.762. The van der Waals surface area contributed by atoms with Gasteiger partial charge in [-0.3, -0.25) is 0 Å². The van der Waals surface area contributed by atoms with Crippen LogP contribution >= 0.6 is 15.9 Å². The lowest BCUT2D eigenvalue weighted by Crippen LogP contribution is -2.01. The van der Waals surface area contributed by atoms with Crippen molar-refractivity contribution in [3.63, 3.8) is 0 Å². The minimum Gasteiger partial charge on any atom is -0.380 e. The Balaban J connectivity index is 2.13. The van der Waals surface area contributed by atoms with E-state index in [2.05, 4.69) is 33.4 Å². The Bertz CT molecular complexity index is 509. The Hall–Kier alpha value is -1.61. The second-order valence-electron chi connectivity index (χ2n) is 3.72. The summed E-state index contributed by atoms with van der Waals surface area (Å²) in [5.74, 6) is 0. The quantitative estimate of drug-likeness (QED) is 0.818. The van der Waals surface area contributed by atoms with Gasteiger partial charge in [0.25, 0.3) is 0 Å². The van der Waals surface area contributed by atoms with E-state index < -0.39 is 0 Å². The smallest absolute Gasteiger partial charge is 0.0443 e. The number of nitrogens with one attached hydrogen (secondary N) is 2. The van der Waals surface area contributed by atoms with Crippen LogP contribution in [0.2, 0.25) is 0 Å². The normalized spacial score (nSPS) is 9.94. The summed E-state index contributed by atoms with van der Waals surface area (Å²) in [5.41, 5.74) is 3.09. The number of hydrogen-bond acceptors (Lipinski definition) is 2. The van der Waals surface area contributed by atoms with Crippen molar-refractivity contribution in [1.29, 1.82) is 5.41 Å². The minimum atomic E-state index is 0.762. The largest absolute Gasteiger partial charge is 0.380 e. The molecule has 0 heterocycles. The van der Waals surface area contributed by atoms with Gasteiger partial charge >= 0.3 is 0 Å². The van der Waals surface area contributed by atoms with Crippen LogP contribution in [-0.2, 0) is 6.54 Å². The van der Waals surface area contributed by atoms with Crippen LogP contribution in [0.3, 0.4) is 0 Å². The van der Waals surface area contributed by atoms with E-state index in [1.165, 1.54) is 11.8 Å².